The quantitative estimate of drug-likeness (QED) is 0.867. The van der Waals surface area contributed by atoms with Gasteiger partial charge in [-0.3, -0.25) is 0 Å². The average molecular weight is 277 g/mol. The Hall–Kier alpha value is -1.62. The molecule has 0 radical (unpaired) electrons. The summed E-state index contributed by atoms with van der Waals surface area (Å²) in [7, 11) is 0. The number of nitrogens with zero attached hydrogens (tertiary/aromatic N) is 2. The Morgan fingerprint density at radius 2 is 1.89 bits per heavy atom. The van der Waals surface area contributed by atoms with Crippen LogP contribution in [-0.4, -0.2) is 9.97 Å². The second-order valence-corrected chi connectivity index (χ2v) is 5.32. The maximum atomic E-state index is 12.9. The summed E-state index contributed by atoms with van der Waals surface area (Å²) >= 11 is 1.48. The van der Waals surface area contributed by atoms with Gasteiger partial charge in [-0.1, -0.05) is 18.7 Å². The van der Waals surface area contributed by atoms with Crippen molar-refractivity contribution in [3.05, 3.63) is 41.5 Å². The van der Waals surface area contributed by atoms with Crippen molar-refractivity contribution in [2.45, 2.75) is 36.6 Å². The van der Waals surface area contributed by atoms with Gasteiger partial charge in [0.05, 0.1) is 0 Å². The first kappa shape index (κ1) is 13.8. The molecule has 0 amide bonds. The van der Waals surface area contributed by atoms with Crippen LogP contribution in [-0.2, 0) is 6.42 Å². The van der Waals surface area contributed by atoms with Crippen LogP contribution < -0.4 is 5.73 Å². The molecular formula is C14H16FN3S. The van der Waals surface area contributed by atoms with Crippen LogP contribution in [0.5, 0.6) is 0 Å². The van der Waals surface area contributed by atoms with Gasteiger partial charge in [0, 0.05) is 16.9 Å². The highest BCUT2D eigenvalue weighted by Crippen LogP contribution is 2.30. The van der Waals surface area contributed by atoms with Gasteiger partial charge in [-0.15, -0.1) is 0 Å². The Morgan fingerprint density at radius 1 is 1.21 bits per heavy atom. The minimum Gasteiger partial charge on any atom is -0.383 e. The summed E-state index contributed by atoms with van der Waals surface area (Å²) in [6.45, 7) is 3.98. The molecule has 19 heavy (non-hydrogen) atoms. The van der Waals surface area contributed by atoms with Gasteiger partial charge in [0.25, 0.3) is 0 Å². The molecule has 1 heterocycles. The van der Waals surface area contributed by atoms with Gasteiger partial charge >= 0.3 is 0 Å². The average Bonchev–Trinajstić information content (AvgIpc) is 2.38. The lowest BCUT2D eigenvalue weighted by Crippen LogP contribution is -2.04. The predicted molar refractivity (Wildman–Crippen MR) is 75.7 cm³/mol. The van der Waals surface area contributed by atoms with E-state index in [0.717, 1.165) is 34.2 Å². The molecule has 5 heteroatoms. The molecule has 0 unspecified atom stereocenters. The van der Waals surface area contributed by atoms with Crippen LogP contribution in [0.3, 0.4) is 0 Å². The van der Waals surface area contributed by atoms with E-state index in [0.29, 0.717) is 5.82 Å². The van der Waals surface area contributed by atoms with Gasteiger partial charge in [-0.25, -0.2) is 14.4 Å². The monoisotopic (exact) mass is 277 g/mol. The number of nitrogens with two attached hydrogens (primary N) is 1. The molecule has 0 bridgehead atoms. The van der Waals surface area contributed by atoms with Crippen LogP contribution in [0, 0.1) is 12.7 Å². The number of benzene rings is 1. The summed E-state index contributed by atoms with van der Waals surface area (Å²) in [5.41, 5.74) is 6.77. The molecule has 0 aliphatic rings. The zero-order valence-electron chi connectivity index (χ0n) is 11.0. The molecule has 100 valence electrons. The van der Waals surface area contributed by atoms with Crippen LogP contribution >= 0.6 is 11.8 Å². The molecule has 0 fully saturated rings. The molecule has 1 aromatic carbocycles. The maximum absolute atomic E-state index is 12.9. The number of nitrogen functional groups attached to an aromatic ring is 1. The van der Waals surface area contributed by atoms with E-state index in [-0.39, 0.29) is 5.82 Å². The summed E-state index contributed by atoms with van der Waals surface area (Å²) < 4.78 is 12.9. The third kappa shape index (κ3) is 3.44. The van der Waals surface area contributed by atoms with E-state index in [2.05, 4.69) is 16.9 Å². The number of rotatable bonds is 4. The SMILES string of the molecule is CCCc1nc(N)c(C)c(Sc2ccc(F)cc2)n1. The third-order valence-electron chi connectivity index (χ3n) is 2.69. The highest BCUT2D eigenvalue weighted by molar-refractivity contribution is 7.99. The number of halogens is 1. The van der Waals surface area contributed by atoms with Gasteiger partial charge in [-0.2, -0.15) is 0 Å². The largest absolute Gasteiger partial charge is 0.383 e. The van der Waals surface area contributed by atoms with Crippen molar-refractivity contribution in [1.29, 1.82) is 0 Å². The molecule has 2 N–H and O–H groups in total. The number of hydrogen-bond donors (Lipinski definition) is 1. The molecule has 0 atom stereocenters. The van der Waals surface area contributed by atoms with Crippen molar-refractivity contribution < 1.29 is 4.39 Å². The van der Waals surface area contributed by atoms with E-state index < -0.39 is 0 Å². The molecular weight excluding hydrogens is 261 g/mol. The van der Waals surface area contributed by atoms with Crippen LogP contribution in [0.2, 0.25) is 0 Å². The van der Waals surface area contributed by atoms with E-state index in [1.165, 1.54) is 23.9 Å². The molecule has 2 rings (SSSR count). The predicted octanol–water partition coefficient (Wildman–Crippen LogP) is 3.61. The summed E-state index contributed by atoms with van der Waals surface area (Å²) in [6.07, 6.45) is 1.78. The Kier molecular flexibility index (Phi) is 4.37. The summed E-state index contributed by atoms with van der Waals surface area (Å²) in [5, 5.41) is 0.836. The Morgan fingerprint density at radius 3 is 2.53 bits per heavy atom. The molecule has 0 aliphatic heterocycles. The fourth-order valence-corrected chi connectivity index (χ4v) is 2.51. The Bertz CT molecular complexity index is 570. The minimum atomic E-state index is -0.241. The first-order valence-electron chi connectivity index (χ1n) is 6.16. The Labute approximate surface area is 116 Å². The number of anilines is 1. The Balaban J connectivity index is 2.30. The highest BCUT2D eigenvalue weighted by Gasteiger charge is 2.10. The van der Waals surface area contributed by atoms with E-state index >= 15 is 0 Å². The van der Waals surface area contributed by atoms with E-state index in [4.69, 9.17) is 5.73 Å². The molecule has 0 aliphatic carbocycles. The molecule has 3 nitrogen and oxygen atoms in total. The number of hydrogen-bond acceptors (Lipinski definition) is 4. The van der Waals surface area contributed by atoms with Gasteiger partial charge in [-0.05, 0) is 37.6 Å². The van der Waals surface area contributed by atoms with Crippen molar-refractivity contribution in [1.82, 2.24) is 9.97 Å². The van der Waals surface area contributed by atoms with Crippen molar-refractivity contribution >= 4 is 17.6 Å². The summed E-state index contributed by atoms with van der Waals surface area (Å²) in [4.78, 5) is 9.73. The van der Waals surface area contributed by atoms with E-state index in [1.807, 2.05) is 6.92 Å². The number of aromatic nitrogens is 2. The van der Waals surface area contributed by atoms with E-state index in [9.17, 15) is 4.39 Å². The molecule has 0 saturated heterocycles. The normalized spacial score (nSPS) is 10.7. The first-order valence-corrected chi connectivity index (χ1v) is 6.98. The van der Waals surface area contributed by atoms with Gasteiger partial charge in [0.15, 0.2) is 0 Å². The number of aryl methyl sites for hydroxylation is 1. The molecule has 0 spiro atoms. The molecule has 0 saturated carbocycles. The highest BCUT2D eigenvalue weighted by atomic mass is 32.2. The zero-order chi connectivity index (χ0) is 13.8. The van der Waals surface area contributed by atoms with Crippen LogP contribution in [0.25, 0.3) is 0 Å². The van der Waals surface area contributed by atoms with Gasteiger partial charge in [0.2, 0.25) is 0 Å². The van der Waals surface area contributed by atoms with Crippen molar-refractivity contribution in [3.8, 4) is 0 Å². The van der Waals surface area contributed by atoms with Crippen molar-refractivity contribution in [2.75, 3.05) is 5.73 Å². The fraction of sp³-hybridized carbons (Fsp3) is 0.286. The zero-order valence-corrected chi connectivity index (χ0v) is 11.8. The van der Waals surface area contributed by atoms with E-state index in [1.54, 1.807) is 12.1 Å². The van der Waals surface area contributed by atoms with Crippen LogP contribution in [0.15, 0.2) is 34.2 Å². The second-order valence-electron chi connectivity index (χ2n) is 4.26. The van der Waals surface area contributed by atoms with Crippen molar-refractivity contribution in [2.24, 2.45) is 0 Å². The van der Waals surface area contributed by atoms with Crippen LogP contribution in [0.4, 0.5) is 10.2 Å². The van der Waals surface area contributed by atoms with Crippen molar-refractivity contribution in [3.63, 3.8) is 0 Å². The lowest BCUT2D eigenvalue weighted by Gasteiger charge is -2.09. The first-order chi connectivity index (χ1) is 9.10. The lowest BCUT2D eigenvalue weighted by atomic mass is 10.3. The standard InChI is InChI=1S/C14H16FN3S/c1-3-4-12-17-13(16)9(2)14(18-12)19-11-7-5-10(15)6-8-11/h5-8H,3-4H2,1-2H3,(H2,16,17,18). The molecule has 1 aromatic heterocycles. The van der Waals surface area contributed by atoms with Crippen LogP contribution in [0.1, 0.15) is 24.7 Å². The third-order valence-corrected chi connectivity index (χ3v) is 3.79. The lowest BCUT2D eigenvalue weighted by molar-refractivity contribution is 0.626. The van der Waals surface area contributed by atoms with Gasteiger partial charge in [0.1, 0.15) is 22.5 Å². The summed E-state index contributed by atoms with van der Waals surface area (Å²) in [6, 6.07) is 6.35. The smallest absolute Gasteiger partial charge is 0.132 e. The topological polar surface area (TPSA) is 51.8 Å². The second kappa shape index (κ2) is 6.02. The summed E-state index contributed by atoms with van der Waals surface area (Å²) in [5.74, 6) is 1.04. The van der Waals surface area contributed by atoms with Gasteiger partial charge < -0.3 is 5.73 Å². The fourth-order valence-electron chi connectivity index (χ4n) is 1.61. The minimum absolute atomic E-state index is 0.241. The maximum Gasteiger partial charge on any atom is 0.132 e. The molecule has 2 aromatic rings.